The van der Waals surface area contributed by atoms with E-state index in [1.165, 1.54) is 15.4 Å². The summed E-state index contributed by atoms with van der Waals surface area (Å²) in [6.07, 6.45) is 6.89. The summed E-state index contributed by atoms with van der Waals surface area (Å²) in [7, 11) is 0. The van der Waals surface area contributed by atoms with E-state index >= 15 is 0 Å². The largest absolute Gasteiger partial charge is 0.299 e. The molecular weight excluding hydrogens is 428 g/mol. The molecule has 0 saturated carbocycles. The van der Waals surface area contributed by atoms with Gasteiger partial charge in [-0.05, 0) is 55.9 Å². The molecule has 1 unspecified atom stereocenters. The number of halogens is 1. The number of aromatic nitrogens is 2. The lowest BCUT2D eigenvalue weighted by atomic mass is 9.97. The van der Waals surface area contributed by atoms with Gasteiger partial charge in [-0.3, -0.25) is 9.36 Å². The van der Waals surface area contributed by atoms with Gasteiger partial charge in [-0.25, -0.2) is 4.98 Å². The van der Waals surface area contributed by atoms with Gasteiger partial charge in [-0.1, -0.05) is 30.3 Å². The molecule has 4 rings (SSSR count). The molecule has 2 aromatic heterocycles. The third-order valence-corrected chi connectivity index (χ3v) is 8.63. The zero-order valence-corrected chi connectivity index (χ0v) is 19.0. The van der Waals surface area contributed by atoms with Crippen LogP contribution in [-0.2, 0) is 13.0 Å². The number of thioether (sulfide) groups is 1. The van der Waals surface area contributed by atoms with Crippen molar-refractivity contribution in [1.29, 1.82) is 0 Å². The van der Waals surface area contributed by atoms with Crippen LogP contribution in [0.15, 0.2) is 39.5 Å². The summed E-state index contributed by atoms with van der Waals surface area (Å²) < 4.78 is 3.72. The highest BCUT2D eigenvalue weighted by atomic mass is 35.5. The van der Waals surface area contributed by atoms with E-state index < -0.39 is 0 Å². The molecule has 3 nitrogen and oxygen atoms in total. The average Bonchev–Trinajstić information content (AvgIpc) is 3.25. The minimum Gasteiger partial charge on any atom is -0.299 e. The summed E-state index contributed by atoms with van der Waals surface area (Å²) in [4.78, 5) is 20.0. The molecule has 146 valence electrons. The number of thiazole rings is 2. The topological polar surface area (TPSA) is 34.9 Å². The predicted octanol–water partition coefficient (Wildman–Crippen LogP) is 4.74. The lowest BCUT2D eigenvalue weighted by Crippen LogP contribution is -2.32. The maximum absolute atomic E-state index is 13.3. The highest BCUT2D eigenvalue weighted by Crippen LogP contribution is 2.42. The van der Waals surface area contributed by atoms with Gasteiger partial charge in [-0.2, -0.15) is 0 Å². The zero-order valence-electron chi connectivity index (χ0n) is 15.8. The van der Waals surface area contributed by atoms with Gasteiger partial charge < -0.3 is 0 Å². The molecule has 1 aliphatic heterocycles. The number of hydrogen-bond acceptors (Lipinski definition) is 5. The molecule has 0 N–H and O–H groups in total. The molecule has 1 atom stereocenters. The highest BCUT2D eigenvalue weighted by Gasteiger charge is 2.23. The molecule has 0 spiro atoms. The van der Waals surface area contributed by atoms with Crippen molar-refractivity contribution in [3.63, 3.8) is 0 Å². The fourth-order valence-electron chi connectivity index (χ4n) is 3.53. The van der Waals surface area contributed by atoms with Crippen molar-refractivity contribution in [2.45, 2.75) is 44.6 Å². The van der Waals surface area contributed by atoms with E-state index in [1.54, 1.807) is 40.6 Å². The Hall–Kier alpha value is -1.34. The van der Waals surface area contributed by atoms with Crippen LogP contribution in [0, 0.1) is 5.92 Å². The second-order valence-corrected chi connectivity index (χ2v) is 10.2. The smallest absolute Gasteiger partial charge is 0.269 e. The molecule has 0 amide bonds. The lowest BCUT2D eigenvalue weighted by Gasteiger charge is -2.13. The summed E-state index contributed by atoms with van der Waals surface area (Å²) in [5.74, 6) is 0.389. The van der Waals surface area contributed by atoms with Crippen LogP contribution >= 0.6 is 46.0 Å². The molecule has 0 radical (unpaired) electrons. The van der Waals surface area contributed by atoms with E-state index in [1.807, 2.05) is 29.0 Å². The number of benzene rings is 1. The molecule has 0 bridgehead atoms. The second kappa shape index (κ2) is 8.57. The van der Waals surface area contributed by atoms with E-state index in [4.69, 9.17) is 11.6 Å². The van der Waals surface area contributed by atoms with Crippen molar-refractivity contribution in [3.8, 4) is 0 Å². The highest BCUT2D eigenvalue weighted by molar-refractivity contribution is 8.08. The molecule has 0 aliphatic carbocycles. The molecular formula is C21H21ClN2OS3. The first kappa shape index (κ1) is 20.0. The lowest BCUT2D eigenvalue weighted by molar-refractivity contribution is 0.596. The van der Waals surface area contributed by atoms with Gasteiger partial charge in [-0.15, -0.1) is 22.7 Å². The average molecular weight is 449 g/mol. The molecule has 3 heterocycles. The Morgan fingerprint density at radius 1 is 1.36 bits per heavy atom. The minimum absolute atomic E-state index is 0.119. The van der Waals surface area contributed by atoms with E-state index in [0.717, 1.165) is 38.5 Å². The fourth-order valence-corrected chi connectivity index (χ4v) is 7.07. The number of aryl methyl sites for hydroxylation is 1. The summed E-state index contributed by atoms with van der Waals surface area (Å²) >= 11 is 11.2. The van der Waals surface area contributed by atoms with Gasteiger partial charge in [0.15, 0.2) is 0 Å². The second-order valence-electron chi connectivity index (χ2n) is 6.70. The van der Waals surface area contributed by atoms with Crippen LogP contribution in [-0.4, -0.2) is 9.55 Å². The minimum atomic E-state index is 0.119. The third-order valence-electron chi connectivity index (χ3n) is 5.02. The van der Waals surface area contributed by atoms with Crippen molar-refractivity contribution >= 4 is 57.0 Å². The van der Waals surface area contributed by atoms with Gasteiger partial charge in [0.2, 0.25) is 0 Å². The van der Waals surface area contributed by atoms with Crippen LogP contribution in [0.4, 0.5) is 0 Å². The molecule has 1 aliphatic rings. The van der Waals surface area contributed by atoms with Crippen LogP contribution in [0.3, 0.4) is 0 Å². The van der Waals surface area contributed by atoms with Gasteiger partial charge in [0.25, 0.3) is 5.56 Å². The maximum atomic E-state index is 13.3. The number of nitrogens with zero attached hydrogens (tertiary/aromatic N) is 2. The zero-order chi connectivity index (χ0) is 19.7. The Bertz CT molecular complexity index is 1160. The van der Waals surface area contributed by atoms with Crippen molar-refractivity contribution in [3.05, 3.63) is 64.9 Å². The van der Waals surface area contributed by atoms with E-state index in [2.05, 4.69) is 24.0 Å². The van der Waals surface area contributed by atoms with Crippen LogP contribution in [0.25, 0.3) is 11.0 Å². The molecule has 1 aromatic carbocycles. The molecule has 3 aromatic rings. The van der Waals surface area contributed by atoms with Crippen molar-refractivity contribution in [2.24, 2.45) is 5.92 Å². The van der Waals surface area contributed by atoms with Crippen molar-refractivity contribution in [2.75, 3.05) is 0 Å². The Morgan fingerprint density at radius 3 is 2.93 bits per heavy atom. The fraction of sp³-hybridized carbons (Fsp3) is 0.333. The number of rotatable bonds is 3. The van der Waals surface area contributed by atoms with E-state index in [-0.39, 0.29) is 5.56 Å². The Kier molecular flexibility index (Phi) is 6.11. The molecule has 28 heavy (non-hydrogen) atoms. The standard InChI is InChI=1S/C21H21ClN2OS3/c1-3-13-5-6-14-11-15(22)7-8-16(14)27-19(13)20-21(25)24(4-2)18(28-20)12-17-23-9-10-26-17/h7-13H,3-6H2,1-2H3. The normalized spacial score (nSPS) is 19.5. The van der Waals surface area contributed by atoms with Crippen molar-refractivity contribution in [1.82, 2.24) is 9.55 Å². The van der Waals surface area contributed by atoms with Gasteiger partial charge >= 0.3 is 0 Å². The van der Waals surface area contributed by atoms with Gasteiger partial charge in [0.05, 0.1) is 0 Å². The molecule has 7 heteroatoms. The first-order valence-corrected chi connectivity index (χ1v) is 12.3. The van der Waals surface area contributed by atoms with Crippen LogP contribution < -0.4 is 14.8 Å². The summed E-state index contributed by atoms with van der Waals surface area (Å²) in [6.45, 7) is 4.90. The first-order valence-electron chi connectivity index (χ1n) is 9.42. The first-order chi connectivity index (χ1) is 13.6. The Labute approximate surface area is 181 Å². The maximum Gasteiger partial charge on any atom is 0.269 e. The Morgan fingerprint density at radius 2 is 2.21 bits per heavy atom. The van der Waals surface area contributed by atoms with Crippen LogP contribution in [0.2, 0.25) is 5.02 Å². The quantitative estimate of drug-likeness (QED) is 0.580. The number of fused-ring (bicyclic) bond motifs is 1. The number of hydrogen-bond donors (Lipinski definition) is 0. The van der Waals surface area contributed by atoms with Gasteiger partial charge in [0.1, 0.15) is 14.2 Å². The summed E-state index contributed by atoms with van der Waals surface area (Å²) in [6, 6.07) is 6.10. The van der Waals surface area contributed by atoms with E-state index in [0.29, 0.717) is 12.5 Å². The van der Waals surface area contributed by atoms with Crippen LogP contribution in [0.5, 0.6) is 0 Å². The molecule has 0 fully saturated rings. The summed E-state index contributed by atoms with van der Waals surface area (Å²) in [5, 5.41) is 3.67. The predicted molar refractivity (Wildman–Crippen MR) is 122 cm³/mol. The van der Waals surface area contributed by atoms with Crippen molar-refractivity contribution < 1.29 is 0 Å². The Balaban J connectivity index is 1.94. The SMILES string of the molecule is CCC1CCc2cc(Cl)ccc2SC1=c1sc(=Cc2nccs2)n(CC)c1=O. The third kappa shape index (κ3) is 3.88. The molecule has 0 saturated heterocycles. The monoisotopic (exact) mass is 448 g/mol. The summed E-state index contributed by atoms with van der Waals surface area (Å²) in [5.41, 5.74) is 1.40. The van der Waals surface area contributed by atoms with E-state index in [9.17, 15) is 4.79 Å². The van der Waals surface area contributed by atoms with Crippen LogP contribution in [0.1, 0.15) is 37.3 Å². The van der Waals surface area contributed by atoms with Gasteiger partial charge in [0, 0.05) is 39.0 Å².